The first kappa shape index (κ1) is 12.4. The Bertz CT molecular complexity index is 542. The van der Waals surface area contributed by atoms with Crippen LogP contribution in [-0.4, -0.2) is 27.6 Å². The molecule has 0 aliphatic heterocycles. The summed E-state index contributed by atoms with van der Waals surface area (Å²) in [4.78, 5) is 13.8. The van der Waals surface area contributed by atoms with Gasteiger partial charge in [-0.1, -0.05) is 0 Å². The van der Waals surface area contributed by atoms with Gasteiger partial charge in [0, 0.05) is 31.9 Å². The van der Waals surface area contributed by atoms with Gasteiger partial charge in [0.05, 0.1) is 18.0 Å². The highest BCUT2D eigenvalue weighted by Gasteiger charge is 2.16. The third kappa shape index (κ3) is 2.45. The van der Waals surface area contributed by atoms with Crippen LogP contribution in [-0.2, 0) is 13.1 Å². The maximum Gasteiger partial charge on any atom is 0.257 e. The van der Waals surface area contributed by atoms with Gasteiger partial charge >= 0.3 is 0 Å². The normalized spacial score (nSPS) is 10.6. The summed E-state index contributed by atoms with van der Waals surface area (Å²) in [6, 6.07) is 1.70. The number of hydrogen-bond acceptors (Lipinski definition) is 3. The third-order valence-electron chi connectivity index (χ3n) is 2.87. The van der Waals surface area contributed by atoms with E-state index in [0.717, 1.165) is 12.1 Å². The van der Waals surface area contributed by atoms with Crippen molar-refractivity contribution in [1.29, 1.82) is 0 Å². The van der Waals surface area contributed by atoms with Crippen LogP contribution in [0, 0.1) is 6.92 Å². The van der Waals surface area contributed by atoms with Crippen molar-refractivity contribution in [3.63, 3.8) is 0 Å². The van der Waals surface area contributed by atoms with E-state index in [4.69, 9.17) is 4.42 Å². The first-order valence-electron chi connectivity index (χ1n) is 5.92. The molecule has 2 aromatic heterocycles. The van der Waals surface area contributed by atoms with E-state index in [1.807, 2.05) is 17.8 Å². The Hall–Kier alpha value is -2.04. The predicted molar refractivity (Wildman–Crippen MR) is 67.1 cm³/mol. The molecule has 18 heavy (non-hydrogen) atoms. The van der Waals surface area contributed by atoms with Crippen LogP contribution in [0.1, 0.15) is 28.6 Å². The van der Waals surface area contributed by atoms with Crippen molar-refractivity contribution in [2.24, 2.45) is 0 Å². The standard InChI is InChI=1S/C13H17N3O2/c1-4-16-9-11(7-14-16)8-15(3)13(17)12-5-6-18-10(12)2/h5-7,9H,4,8H2,1-3H3. The molecule has 2 rings (SSSR count). The highest BCUT2D eigenvalue weighted by Crippen LogP contribution is 2.13. The van der Waals surface area contributed by atoms with E-state index in [1.165, 1.54) is 6.26 Å². The number of hydrogen-bond donors (Lipinski definition) is 0. The first-order valence-corrected chi connectivity index (χ1v) is 5.92. The maximum absolute atomic E-state index is 12.1. The van der Waals surface area contributed by atoms with Crippen molar-refractivity contribution in [3.05, 3.63) is 41.6 Å². The summed E-state index contributed by atoms with van der Waals surface area (Å²) in [5.74, 6) is 0.613. The Morgan fingerprint density at radius 2 is 2.33 bits per heavy atom. The molecule has 5 heteroatoms. The van der Waals surface area contributed by atoms with Gasteiger partial charge in [-0.05, 0) is 19.9 Å². The van der Waals surface area contributed by atoms with Crippen LogP contribution in [0.15, 0.2) is 29.1 Å². The molecule has 1 amide bonds. The molecule has 0 radical (unpaired) electrons. The number of rotatable bonds is 4. The largest absolute Gasteiger partial charge is 0.469 e. The molecule has 0 atom stereocenters. The number of nitrogens with zero attached hydrogens (tertiary/aromatic N) is 3. The van der Waals surface area contributed by atoms with Crippen LogP contribution >= 0.6 is 0 Å². The SMILES string of the molecule is CCn1cc(CN(C)C(=O)c2ccoc2C)cn1. The second-order valence-electron chi connectivity index (χ2n) is 4.26. The smallest absolute Gasteiger partial charge is 0.257 e. The third-order valence-corrected chi connectivity index (χ3v) is 2.87. The predicted octanol–water partition coefficient (Wildman–Crippen LogP) is 2.08. The van der Waals surface area contributed by atoms with Crippen LogP contribution in [0.4, 0.5) is 0 Å². The molecule has 0 aliphatic rings. The average Bonchev–Trinajstić information content (AvgIpc) is 2.97. The number of amides is 1. The minimum absolute atomic E-state index is 0.0366. The van der Waals surface area contributed by atoms with Crippen molar-refractivity contribution < 1.29 is 9.21 Å². The monoisotopic (exact) mass is 247 g/mol. The van der Waals surface area contributed by atoms with Crippen molar-refractivity contribution >= 4 is 5.91 Å². The highest BCUT2D eigenvalue weighted by molar-refractivity contribution is 5.94. The lowest BCUT2D eigenvalue weighted by Crippen LogP contribution is -2.26. The molecule has 0 saturated carbocycles. The van der Waals surface area contributed by atoms with Crippen molar-refractivity contribution in [1.82, 2.24) is 14.7 Å². The Morgan fingerprint density at radius 3 is 2.89 bits per heavy atom. The van der Waals surface area contributed by atoms with Gasteiger partial charge in [-0.25, -0.2) is 0 Å². The summed E-state index contributed by atoms with van der Waals surface area (Å²) in [7, 11) is 1.78. The van der Waals surface area contributed by atoms with Crippen LogP contribution in [0.3, 0.4) is 0 Å². The number of carbonyl (C=O) groups is 1. The van der Waals surface area contributed by atoms with E-state index < -0.39 is 0 Å². The van der Waals surface area contributed by atoms with Crippen molar-refractivity contribution in [2.75, 3.05) is 7.05 Å². The van der Waals surface area contributed by atoms with Gasteiger partial charge in [0.1, 0.15) is 5.76 Å². The van der Waals surface area contributed by atoms with E-state index >= 15 is 0 Å². The summed E-state index contributed by atoms with van der Waals surface area (Å²) < 4.78 is 6.99. The molecule has 2 aromatic rings. The molecule has 0 N–H and O–H groups in total. The van der Waals surface area contributed by atoms with Gasteiger partial charge < -0.3 is 9.32 Å². The van der Waals surface area contributed by atoms with Crippen LogP contribution in [0.2, 0.25) is 0 Å². The number of aryl methyl sites for hydroxylation is 2. The number of carbonyl (C=O) groups excluding carboxylic acids is 1. The van der Waals surface area contributed by atoms with E-state index in [0.29, 0.717) is 17.9 Å². The molecule has 96 valence electrons. The quantitative estimate of drug-likeness (QED) is 0.831. The van der Waals surface area contributed by atoms with Gasteiger partial charge in [-0.15, -0.1) is 0 Å². The van der Waals surface area contributed by atoms with Crippen molar-refractivity contribution in [3.8, 4) is 0 Å². The molecule has 0 aliphatic carbocycles. The second kappa shape index (κ2) is 5.08. The molecular formula is C13H17N3O2. The molecule has 0 aromatic carbocycles. The molecule has 5 nitrogen and oxygen atoms in total. The molecule has 0 unspecified atom stereocenters. The Morgan fingerprint density at radius 1 is 1.56 bits per heavy atom. The minimum atomic E-state index is -0.0366. The fourth-order valence-corrected chi connectivity index (χ4v) is 1.82. The summed E-state index contributed by atoms with van der Waals surface area (Å²) in [5, 5.41) is 4.19. The van der Waals surface area contributed by atoms with Gasteiger partial charge in [0.2, 0.25) is 0 Å². The zero-order valence-electron chi connectivity index (χ0n) is 10.9. The first-order chi connectivity index (χ1) is 8.61. The van der Waals surface area contributed by atoms with Gasteiger partial charge in [-0.2, -0.15) is 5.10 Å². The molecule has 0 fully saturated rings. The van der Waals surface area contributed by atoms with Gasteiger partial charge in [0.15, 0.2) is 0 Å². The van der Waals surface area contributed by atoms with E-state index in [9.17, 15) is 4.79 Å². The molecule has 0 saturated heterocycles. The van der Waals surface area contributed by atoms with Crippen LogP contribution in [0.25, 0.3) is 0 Å². The molecule has 0 spiro atoms. The number of aromatic nitrogens is 2. The maximum atomic E-state index is 12.1. The van der Waals surface area contributed by atoms with Crippen LogP contribution in [0.5, 0.6) is 0 Å². The molecular weight excluding hydrogens is 230 g/mol. The summed E-state index contributed by atoms with van der Waals surface area (Å²) in [5.41, 5.74) is 1.63. The zero-order chi connectivity index (χ0) is 13.1. The Balaban J connectivity index is 2.06. The van der Waals surface area contributed by atoms with E-state index in [-0.39, 0.29) is 5.91 Å². The van der Waals surface area contributed by atoms with E-state index in [2.05, 4.69) is 5.10 Å². The minimum Gasteiger partial charge on any atom is -0.469 e. The number of furan rings is 1. The zero-order valence-corrected chi connectivity index (χ0v) is 10.9. The summed E-state index contributed by atoms with van der Waals surface area (Å²) in [6.07, 6.45) is 5.27. The Kier molecular flexibility index (Phi) is 3.50. The molecule has 0 bridgehead atoms. The van der Waals surface area contributed by atoms with Crippen LogP contribution < -0.4 is 0 Å². The van der Waals surface area contributed by atoms with E-state index in [1.54, 1.807) is 31.1 Å². The van der Waals surface area contributed by atoms with Gasteiger partial charge in [0.25, 0.3) is 5.91 Å². The van der Waals surface area contributed by atoms with Crippen molar-refractivity contribution in [2.45, 2.75) is 26.9 Å². The lowest BCUT2D eigenvalue weighted by atomic mass is 10.2. The molecule has 2 heterocycles. The second-order valence-corrected chi connectivity index (χ2v) is 4.26. The fourth-order valence-electron chi connectivity index (χ4n) is 1.82. The highest BCUT2D eigenvalue weighted by atomic mass is 16.3. The Labute approximate surface area is 106 Å². The fraction of sp³-hybridized carbons (Fsp3) is 0.385. The average molecular weight is 247 g/mol. The lowest BCUT2D eigenvalue weighted by Gasteiger charge is -2.15. The topological polar surface area (TPSA) is 51.3 Å². The lowest BCUT2D eigenvalue weighted by molar-refractivity contribution is 0.0783. The summed E-state index contributed by atoms with van der Waals surface area (Å²) in [6.45, 7) is 5.19. The van der Waals surface area contributed by atoms with Gasteiger partial charge in [-0.3, -0.25) is 9.48 Å². The summed E-state index contributed by atoms with van der Waals surface area (Å²) >= 11 is 0.